The molecule has 2 rings (SSSR count). The van der Waals surface area contributed by atoms with Crippen LogP contribution in [0, 0.1) is 0 Å². The fourth-order valence-corrected chi connectivity index (χ4v) is 2.47. The number of hydrogen-bond acceptors (Lipinski definition) is 5. The molecule has 0 amide bonds. The summed E-state index contributed by atoms with van der Waals surface area (Å²) in [6, 6.07) is 1.98. The molecule has 1 aliphatic carbocycles. The van der Waals surface area contributed by atoms with Gasteiger partial charge in [-0.15, -0.1) is 0 Å². The van der Waals surface area contributed by atoms with E-state index in [1.54, 1.807) is 7.11 Å². The summed E-state index contributed by atoms with van der Waals surface area (Å²) in [5, 5.41) is 6.68. The van der Waals surface area contributed by atoms with Gasteiger partial charge in [0.05, 0.1) is 5.60 Å². The molecule has 0 atom stereocenters. The molecule has 0 aliphatic heterocycles. The summed E-state index contributed by atoms with van der Waals surface area (Å²) >= 11 is 0. The fraction of sp³-hybridized carbons (Fsp3) is 0.733. The largest absolute Gasteiger partial charge is 0.376 e. The highest BCUT2D eigenvalue weighted by Gasteiger charge is 2.36. The third-order valence-corrected chi connectivity index (χ3v) is 3.89. The minimum Gasteiger partial charge on any atom is -0.376 e. The number of methoxy groups -OCH3 is 1. The molecule has 0 bridgehead atoms. The van der Waals surface area contributed by atoms with Gasteiger partial charge in [-0.05, 0) is 32.6 Å². The maximum Gasteiger partial charge on any atom is 0.133 e. The monoisotopic (exact) mass is 278 g/mol. The normalized spacial score (nSPS) is 16.6. The third kappa shape index (κ3) is 3.60. The number of anilines is 2. The van der Waals surface area contributed by atoms with E-state index < -0.39 is 0 Å². The maximum atomic E-state index is 5.63. The number of aryl methyl sites for hydroxylation is 1. The van der Waals surface area contributed by atoms with Gasteiger partial charge in [-0.3, -0.25) is 0 Å². The second-order valence-electron chi connectivity index (χ2n) is 5.43. The average molecular weight is 278 g/mol. The zero-order valence-corrected chi connectivity index (χ0v) is 12.8. The summed E-state index contributed by atoms with van der Waals surface area (Å²) in [5.41, 5.74) is 0.00815. The van der Waals surface area contributed by atoms with Crippen LogP contribution in [0.15, 0.2) is 6.07 Å². The average Bonchev–Trinajstić information content (AvgIpc) is 2.38. The molecule has 1 aromatic heterocycles. The van der Waals surface area contributed by atoms with Crippen molar-refractivity contribution in [3.05, 3.63) is 11.9 Å². The molecule has 20 heavy (non-hydrogen) atoms. The van der Waals surface area contributed by atoms with Crippen LogP contribution in [-0.4, -0.2) is 35.8 Å². The second-order valence-corrected chi connectivity index (χ2v) is 5.43. The molecule has 112 valence electrons. The topological polar surface area (TPSA) is 59.1 Å². The van der Waals surface area contributed by atoms with Crippen molar-refractivity contribution < 1.29 is 4.74 Å². The zero-order valence-electron chi connectivity index (χ0n) is 12.8. The first-order chi connectivity index (χ1) is 9.71. The van der Waals surface area contributed by atoms with E-state index in [1.165, 1.54) is 6.42 Å². The summed E-state index contributed by atoms with van der Waals surface area (Å²) in [5.74, 6) is 2.68. The maximum absolute atomic E-state index is 5.63. The number of nitrogens with one attached hydrogen (secondary N) is 2. The highest BCUT2D eigenvalue weighted by atomic mass is 16.5. The predicted molar refractivity (Wildman–Crippen MR) is 82.3 cm³/mol. The Balaban J connectivity index is 2.05. The molecule has 1 aliphatic rings. The molecule has 1 aromatic rings. The molecule has 5 heteroatoms. The molecule has 5 nitrogen and oxygen atoms in total. The predicted octanol–water partition coefficient (Wildman–Crippen LogP) is 2.84. The Kier molecular flexibility index (Phi) is 5.17. The fourth-order valence-electron chi connectivity index (χ4n) is 2.47. The zero-order chi connectivity index (χ0) is 14.4. The molecule has 0 saturated heterocycles. The third-order valence-electron chi connectivity index (χ3n) is 3.89. The molecule has 1 fully saturated rings. The van der Waals surface area contributed by atoms with E-state index in [-0.39, 0.29) is 5.60 Å². The van der Waals surface area contributed by atoms with E-state index in [2.05, 4.69) is 34.4 Å². The number of ether oxygens (including phenoxy) is 1. The minimum atomic E-state index is 0.00815. The van der Waals surface area contributed by atoms with Gasteiger partial charge in [-0.1, -0.05) is 6.92 Å². The Bertz CT molecular complexity index is 402. The van der Waals surface area contributed by atoms with Crippen LogP contribution in [0.5, 0.6) is 0 Å². The van der Waals surface area contributed by atoms with Crippen LogP contribution in [0.25, 0.3) is 0 Å². The van der Waals surface area contributed by atoms with Crippen LogP contribution < -0.4 is 10.6 Å². The summed E-state index contributed by atoms with van der Waals surface area (Å²) in [7, 11) is 1.80. The molecule has 0 spiro atoms. The summed E-state index contributed by atoms with van der Waals surface area (Å²) < 4.78 is 5.63. The van der Waals surface area contributed by atoms with E-state index in [0.717, 1.165) is 56.2 Å². The highest BCUT2D eigenvalue weighted by Crippen LogP contribution is 2.35. The Hall–Kier alpha value is -1.36. The van der Waals surface area contributed by atoms with Crippen LogP contribution in [0.2, 0.25) is 0 Å². The molecule has 0 aromatic carbocycles. The van der Waals surface area contributed by atoms with Crippen LogP contribution in [-0.2, 0) is 11.2 Å². The number of hydrogen-bond donors (Lipinski definition) is 2. The molecular formula is C15H26N4O. The lowest BCUT2D eigenvalue weighted by atomic mass is 9.80. The molecule has 1 heterocycles. The van der Waals surface area contributed by atoms with Gasteiger partial charge in [0.15, 0.2) is 0 Å². The lowest BCUT2D eigenvalue weighted by Crippen LogP contribution is -2.45. The van der Waals surface area contributed by atoms with Gasteiger partial charge in [-0.25, -0.2) is 9.97 Å². The Morgan fingerprint density at radius 2 is 1.90 bits per heavy atom. The van der Waals surface area contributed by atoms with Crippen LogP contribution in [0.4, 0.5) is 11.6 Å². The van der Waals surface area contributed by atoms with E-state index in [4.69, 9.17) is 4.74 Å². The van der Waals surface area contributed by atoms with Crippen LogP contribution in [0.1, 0.15) is 45.4 Å². The quantitative estimate of drug-likeness (QED) is 0.765. The van der Waals surface area contributed by atoms with E-state index in [9.17, 15) is 0 Å². The van der Waals surface area contributed by atoms with Gasteiger partial charge in [0, 0.05) is 32.7 Å². The Morgan fingerprint density at radius 1 is 1.20 bits per heavy atom. The van der Waals surface area contributed by atoms with E-state index >= 15 is 0 Å². The first kappa shape index (κ1) is 15.0. The number of nitrogens with zero attached hydrogens (tertiary/aromatic N) is 2. The first-order valence-corrected chi connectivity index (χ1v) is 7.62. The van der Waals surface area contributed by atoms with Gasteiger partial charge >= 0.3 is 0 Å². The van der Waals surface area contributed by atoms with Gasteiger partial charge in [0.25, 0.3) is 0 Å². The Labute approximate surface area is 121 Å². The lowest BCUT2D eigenvalue weighted by molar-refractivity contribution is -0.0601. The Morgan fingerprint density at radius 3 is 2.40 bits per heavy atom. The first-order valence-electron chi connectivity index (χ1n) is 7.62. The van der Waals surface area contributed by atoms with Crippen molar-refractivity contribution in [3.63, 3.8) is 0 Å². The molecule has 2 N–H and O–H groups in total. The van der Waals surface area contributed by atoms with E-state index in [0.29, 0.717) is 0 Å². The lowest BCUT2D eigenvalue weighted by Gasteiger charge is -2.40. The van der Waals surface area contributed by atoms with Crippen molar-refractivity contribution in [1.82, 2.24) is 9.97 Å². The summed E-state index contributed by atoms with van der Waals surface area (Å²) in [6.07, 6.45) is 5.47. The van der Waals surface area contributed by atoms with Crippen LogP contribution >= 0.6 is 0 Å². The second kappa shape index (κ2) is 6.88. The van der Waals surface area contributed by atoms with Crippen molar-refractivity contribution in [2.45, 2.75) is 51.6 Å². The van der Waals surface area contributed by atoms with Crippen molar-refractivity contribution >= 4 is 11.6 Å². The SMILES string of the molecule is CCCc1nc(NCC)cc(NCC2(OC)CCC2)n1. The van der Waals surface area contributed by atoms with Crippen molar-refractivity contribution in [3.8, 4) is 0 Å². The molecule has 0 unspecified atom stereocenters. The number of aromatic nitrogens is 2. The number of rotatable bonds is 8. The van der Waals surface area contributed by atoms with Crippen LogP contribution in [0.3, 0.4) is 0 Å². The summed E-state index contributed by atoms with van der Waals surface area (Å²) in [4.78, 5) is 9.10. The van der Waals surface area contributed by atoms with Crippen molar-refractivity contribution in [1.29, 1.82) is 0 Å². The minimum absolute atomic E-state index is 0.00815. The van der Waals surface area contributed by atoms with Crippen molar-refractivity contribution in [2.24, 2.45) is 0 Å². The standard InChI is InChI=1S/C15H26N4O/c1-4-7-12-18-13(16-5-2)10-14(19-12)17-11-15(20-3)8-6-9-15/h10H,4-9,11H2,1-3H3,(H2,16,17,18,19). The molecule has 0 radical (unpaired) electrons. The molecule has 1 saturated carbocycles. The van der Waals surface area contributed by atoms with Gasteiger partial charge in [-0.2, -0.15) is 0 Å². The molecular weight excluding hydrogens is 252 g/mol. The van der Waals surface area contributed by atoms with Crippen molar-refractivity contribution in [2.75, 3.05) is 30.8 Å². The van der Waals surface area contributed by atoms with Gasteiger partial charge in [0.2, 0.25) is 0 Å². The van der Waals surface area contributed by atoms with E-state index in [1.807, 2.05) is 6.07 Å². The van der Waals surface area contributed by atoms with Gasteiger partial charge < -0.3 is 15.4 Å². The smallest absolute Gasteiger partial charge is 0.133 e. The van der Waals surface area contributed by atoms with Gasteiger partial charge in [0.1, 0.15) is 17.5 Å². The summed E-state index contributed by atoms with van der Waals surface area (Å²) in [6.45, 7) is 5.90. The highest BCUT2D eigenvalue weighted by molar-refractivity contribution is 5.47.